The molecule has 0 spiro atoms. The van der Waals surface area contributed by atoms with Crippen LogP contribution in [0.4, 0.5) is 0 Å². The summed E-state index contributed by atoms with van der Waals surface area (Å²) in [6, 6.07) is 15.0. The lowest BCUT2D eigenvalue weighted by molar-refractivity contribution is -0.148. The van der Waals surface area contributed by atoms with Gasteiger partial charge in [0.25, 0.3) is 0 Å². The Kier molecular flexibility index (Phi) is 14.4. The molecule has 240 valence electrons. The highest BCUT2D eigenvalue weighted by Crippen LogP contribution is 2.14. The normalized spacial score (nSPS) is 16.1. The van der Waals surface area contributed by atoms with Crippen molar-refractivity contribution >= 4 is 23.5 Å². The summed E-state index contributed by atoms with van der Waals surface area (Å²) in [5, 5.41) is 8.48. The maximum absolute atomic E-state index is 13.7. The Hall–Kier alpha value is -3.64. The first-order chi connectivity index (χ1) is 21.2. The number of amides is 3. The van der Waals surface area contributed by atoms with Crippen LogP contribution >= 0.6 is 0 Å². The fraction of sp³-hybridized carbons (Fsp3) is 0.515. The number of hydrogen-bond donors (Lipinski definition) is 5. The molecule has 0 aliphatic carbocycles. The van der Waals surface area contributed by atoms with Gasteiger partial charge in [0.2, 0.25) is 29.8 Å². The Labute approximate surface area is 259 Å². The molecule has 3 amide bonds. The summed E-state index contributed by atoms with van der Waals surface area (Å²) in [6.07, 6.45) is 1.45. The maximum Gasteiger partial charge on any atom is 0.243 e. The predicted octanol–water partition coefficient (Wildman–Crippen LogP) is 1.37. The van der Waals surface area contributed by atoms with Crippen LogP contribution in [0.1, 0.15) is 50.7 Å². The minimum atomic E-state index is -1.04. The van der Waals surface area contributed by atoms with E-state index in [-0.39, 0.29) is 18.1 Å². The summed E-state index contributed by atoms with van der Waals surface area (Å²) in [7, 11) is 0. The largest absolute Gasteiger partial charge is 0.344 e. The van der Waals surface area contributed by atoms with Gasteiger partial charge in [-0.3, -0.25) is 19.2 Å². The van der Waals surface area contributed by atoms with E-state index in [2.05, 4.69) is 16.0 Å². The highest BCUT2D eigenvalue weighted by molar-refractivity contribution is 5.96. The molecule has 0 saturated carbocycles. The van der Waals surface area contributed by atoms with Crippen LogP contribution in [0.2, 0.25) is 0 Å². The molecule has 7 N–H and O–H groups in total. The van der Waals surface area contributed by atoms with Gasteiger partial charge in [0.15, 0.2) is 0 Å². The van der Waals surface area contributed by atoms with E-state index in [9.17, 15) is 19.2 Å². The number of hydrogen-bond acceptors (Lipinski definition) is 8. The fourth-order valence-electron chi connectivity index (χ4n) is 5.01. The van der Waals surface area contributed by atoms with Crippen molar-refractivity contribution < 1.29 is 28.7 Å². The zero-order valence-electron chi connectivity index (χ0n) is 25.7. The predicted molar refractivity (Wildman–Crippen MR) is 167 cm³/mol. The van der Waals surface area contributed by atoms with E-state index >= 15 is 0 Å². The number of ketones is 1. The summed E-state index contributed by atoms with van der Waals surface area (Å²) in [6.45, 7) is 4.93. The molecule has 11 heteroatoms. The number of Topliss-reactive ketones (excluding diaryl/α,β-unsaturated/α-hetero) is 1. The van der Waals surface area contributed by atoms with E-state index in [0.717, 1.165) is 11.1 Å². The van der Waals surface area contributed by atoms with Crippen molar-refractivity contribution in [3.63, 3.8) is 0 Å². The molecule has 0 bridgehead atoms. The number of benzene rings is 2. The summed E-state index contributed by atoms with van der Waals surface area (Å²) < 4.78 is 10.8. The van der Waals surface area contributed by atoms with Gasteiger partial charge in [-0.1, -0.05) is 74.5 Å². The molecule has 1 saturated heterocycles. The molecule has 1 heterocycles. The Balaban J connectivity index is 1.75. The molecule has 3 rings (SSSR count). The highest BCUT2D eigenvalue weighted by Gasteiger charge is 2.35. The monoisotopic (exact) mass is 609 g/mol. The second-order valence-electron chi connectivity index (χ2n) is 11.6. The molecular formula is C33H47N5O6. The van der Waals surface area contributed by atoms with Crippen molar-refractivity contribution in [3.8, 4) is 0 Å². The number of ether oxygens (including phenoxy) is 2. The van der Waals surface area contributed by atoms with Crippen LogP contribution in [0.25, 0.3) is 0 Å². The van der Waals surface area contributed by atoms with E-state index in [1.807, 2.05) is 74.5 Å². The van der Waals surface area contributed by atoms with Gasteiger partial charge in [0.1, 0.15) is 12.1 Å². The molecule has 0 unspecified atom stereocenters. The van der Waals surface area contributed by atoms with Gasteiger partial charge in [-0.15, -0.1) is 0 Å². The summed E-state index contributed by atoms with van der Waals surface area (Å²) in [4.78, 5) is 53.6. The Morgan fingerprint density at radius 1 is 0.750 bits per heavy atom. The molecule has 11 nitrogen and oxygen atoms in total. The molecule has 0 aromatic heterocycles. The standard InChI is InChI=1S/C33H47N5O6/c1-22(2)19-27(31(41)36-26(15-9-10-16-34)29(39)33-43-17-18-44-33)38-32(42)28(21-24-13-7-4-8-14-24)37-30(40)25(35)20-23-11-5-3-6-12-23/h3-8,11-14,22,25-28,33H,9-10,15-21,34-35H2,1-2H3,(H,36,41)(H,37,40)(H,38,42)/t25-,26-,27-,28-/m1/s1. The second kappa shape index (κ2) is 18.2. The van der Waals surface area contributed by atoms with Gasteiger partial charge in [-0.2, -0.15) is 0 Å². The Morgan fingerprint density at radius 2 is 1.27 bits per heavy atom. The lowest BCUT2D eigenvalue weighted by atomic mass is 9.99. The number of nitrogens with one attached hydrogen (secondary N) is 3. The zero-order chi connectivity index (χ0) is 31.9. The van der Waals surface area contributed by atoms with Crippen molar-refractivity contribution in [1.29, 1.82) is 0 Å². The Bertz CT molecular complexity index is 1190. The van der Waals surface area contributed by atoms with Crippen LogP contribution < -0.4 is 27.4 Å². The minimum Gasteiger partial charge on any atom is -0.344 e. The van der Waals surface area contributed by atoms with Crippen LogP contribution in [0.15, 0.2) is 60.7 Å². The summed E-state index contributed by atoms with van der Waals surface area (Å²) in [5.74, 6) is -1.83. The molecule has 2 aromatic rings. The van der Waals surface area contributed by atoms with E-state index in [1.165, 1.54) is 0 Å². The third kappa shape index (κ3) is 11.5. The second-order valence-corrected chi connectivity index (χ2v) is 11.6. The van der Waals surface area contributed by atoms with E-state index in [4.69, 9.17) is 20.9 Å². The number of unbranched alkanes of at least 4 members (excludes halogenated alkanes) is 1. The fourth-order valence-corrected chi connectivity index (χ4v) is 5.01. The van der Waals surface area contributed by atoms with Crippen LogP contribution in [-0.4, -0.2) is 73.7 Å². The van der Waals surface area contributed by atoms with Crippen molar-refractivity contribution in [1.82, 2.24) is 16.0 Å². The zero-order valence-corrected chi connectivity index (χ0v) is 25.7. The van der Waals surface area contributed by atoms with E-state index < -0.39 is 48.2 Å². The number of rotatable bonds is 18. The van der Waals surface area contributed by atoms with Crippen molar-refractivity contribution in [3.05, 3.63) is 71.8 Å². The number of carbonyl (C=O) groups is 4. The van der Waals surface area contributed by atoms with E-state index in [1.54, 1.807) is 0 Å². The lowest BCUT2D eigenvalue weighted by Crippen LogP contribution is -2.58. The van der Waals surface area contributed by atoms with Gasteiger partial charge in [-0.05, 0) is 55.7 Å². The van der Waals surface area contributed by atoms with Crippen LogP contribution in [0, 0.1) is 5.92 Å². The molecular weight excluding hydrogens is 562 g/mol. The van der Waals surface area contributed by atoms with E-state index in [0.29, 0.717) is 51.9 Å². The third-order valence-electron chi connectivity index (χ3n) is 7.35. The Morgan fingerprint density at radius 3 is 1.84 bits per heavy atom. The third-order valence-corrected chi connectivity index (χ3v) is 7.35. The van der Waals surface area contributed by atoms with Gasteiger partial charge >= 0.3 is 0 Å². The van der Waals surface area contributed by atoms with Crippen molar-refractivity contribution in [2.45, 2.75) is 82.8 Å². The van der Waals surface area contributed by atoms with Crippen molar-refractivity contribution in [2.75, 3.05) is 19.8 Å². The SMILES string of the molecule is CC(C)C[C@@H](NC(=O)[C@@H](Cc1ccccc1)NC(=O)[C@H](N)Cc1ccccc1)C(=O)N[C@H](CCCCN)C(=O)C1OCCO1. The van der Waals surface area contributed by atoms with Gasteiger partial charge in [-0.25, -0.2) is 0 Å². The molecule has 1 fully saturated rings. The van der Waals surface area contributed by atoms with Crippen molar-refractivity contribution in [2.24, 2.45) is 17.4 Å². The maximum atomic E-state index is 13.7. The molecule has 44 heavy (non-hydrogen) atoms. The first-order valence-electron chi connectivity index (χ1n) is 15.4. The number of carbonyl (C=O) groups excluding carboxylic acids is 4. The van der Waals surface area contributed by atoms with Crippen LogP contribution in [-0.2, 0) is 41.5 Å². The molecule has 4 atom stereocenters. The summed E-state index contributed by atoms with van der Waals surface area (Å²) in [5.41, 5.74) is 13.6. The molecule has 1 aliphatic heterocycles. The van der Waals surface area contributed by atoms with Crippen LogP contribution in [0.3, 0.4) is 0 Å². The van der Waals surface area contributed by atoms with Crippen LogP contribution in [0.5, 0.6) is 0 Å². The molecule has 2 aromatic carbocycles. The quantitative estimate of drug-likeness (QED) is 0.158. The average Bonchev–Trinajstić information content (AvgIpc) is 3.55. The summed E-state index contributed by atoms with van der Waals surface area (Å²) >= 11 is 0. The number of nitrogens with two attached hydrogens (primary N) is 2. The lowest BCUT2D eigenvalue weighted by Gasteiger charge is -2.27. The highest BCUT2D eigenvalue weighted by atomic mass is 16.7. The molecule has 0 radical (unpaired) electrons. The molecule has 1 aliphatic rings. The smallest absolute Gasteiger partial charge is 0.243 e. The topological polar surface area (TPSA) is 175 Å². The first-order valence-corrected chi connectivity index (χ1v) is 15.4. The van der Waals surface area contributed by atoms with Gasteiger partial charge in [0, 0.05) is 6.42 Å². The van der Waals surface area contributed by atoms with Gasteiger partial charge in [0.05, 0.1) is 25.3 Å². The average molecular weight is 610 g/mol. The minimum absolute atomic E-state index is 0.0420. The van der Waals surface area contributed by atoms with Gasteiger partial charge < -0.3 is 36.9 Å². The first kappa shape index (κ1) is 34.8.